The Balaban J connectivity index is 1.62. The minimum Gasteiger partial charge on any atom is -0.380 e. The molecule has 1 aromatic carbocycles. The molecule has 0 radical (unpaired) electrons. The van der Waals surface area contributed by atoms with Crippen LogP contribution in [0.1, 0.15) is 31.7 Å². The monoisotopic (exact) mass is 357 g/mol. The molecule has 2 aliphatic rings. The number of likely N-dealkylation sites (tertiary alicyclic amines) is 2. The second-order valence-electron chi connectivity index (χ2n) is 6.66. The minimum atomic E-state index is -0.312. The molecule has 138 valence electrons. The van der Waals surface area contributed by atoms with Crippen molar-refractivity contribution >= 4 is 11.6 Å². The highest BCUT2D eigenvalue weighted by molar-refractivity contribution is 5.80. The van der Waals surface area contributed by atoms with Crippen LogP contribution in [0.2, 0.25) is 0 Å². The molecular weight excluding hydrogens is 333 g/mol. The van der Waals surface area contributed by atoms with Gasteiger partial charge in [0.15, 0.2) is 0 Å². The molecule has 0 aliphatic carbocycles. The molecule has 3 rings (SSSR count). The van der Waals surface area contributed by atoms with E-state index >= 15 is 0 Å². The van der Waals surface area contributed by atoms with Crippen molar-refractivity contribution in [2.45, 2.75) is 32.2 Å². The smallest absolute Gasteiger partial charge is 0.320 e. The Bertz CT molecular complexity index is 714. The molecule has 2 heterocycles. The first kappa shape index (κ1) is 18.4. The first-order chi connectivity index (χ1) is 12.6. The number of carbonyl (C=O) groups is 1. The fourth-order valence-corrected chi connectivity index (χ4v) is 3.48. The highest BCUT2D eigenvalue weighted by Crippen LogP contribution is 2.28. The molecule has 0 saturated carbocycles. The van der Waals surface area contributed by atoms with Crippen molar-refractivity contribution in [2.75, 3.05) is 32.8 Å². The molecule has 0 spiro atoms. The molecule has 2 amide bonds. The summed E-state index contributed by atoms with van der Waals surface area (Å²) in [5.74, 6) is -0.312. The van der Waals surface area contributed by atoms with Crippen LogP contribution in [0.3, 0.4) is 0 Å². The van der Waals surface area contributed by atoms with Crippen LogP contribution in [0, 0.1) is 17.1 Å². The van der Waals surface area contributed by atoms with Gasteiger partial charge in [0.1, 0.15) is 5.82 Å². The summed E-state index contributed by atoms with van der Waals surface area (Å²) in [4.78, 5) is 16.4. The summed E-state index contributed by atoms with van der Waals surface area (Å²) in [6, 6.07) is 8.52. The SMILES string of the molecule is CCOCC1CCN1C(=O)N1CCC(=C(C#N)c2ccc(F)cc2)CC1. The molecule has 2 saturated heterocycles. The maximum absolute atomic E-state index is 13.1. The lowest BCUT2D eigenvalue weighted by atomic mass is 9.94. The van der Waals surface area contributed by atoms with E-state index in [4.69, 9.17) is 4.74 Å². The Kier molecular flexibility index (Phi) is 5.89. The number of urea groups is 1. The van der Waals surface area contributed by atoms with Crippen molar-refractivity contribution in [2.24, 2.45) is 0 Å². The second-order valence-corrected chi connectivity index (χ2v) is 6.66. The highest BCUT2D eigenvalue weighted by Gasteiger charge is 2.35. The summed E-state index contributed by atoms with van der Waals surface area (Å²) < 4.78 is 18.5. The van der Waals surface area contributed by atoms with Crippen molar-refractivity contribution in [3.63, 3.8) is 0 Å². The van der Waals surface area contributed by atoms with E-state index in [1.54, 1.807) is 12.1 Å². The summed E-state index contributed by atoms with van der Waals surface area (Å²) in [7, 11) is 0. The molecule has 1 atom stereocenters. The molecule has 26 heavy (non-hydrogen) atoms. The predicted molar refractivity (Wildman–Crippen MR) is 96.7 cm³/mol. The zero-order chi connectivity index (χ0) is 18.5. The third kappa shape index (κ3) is 3.88. The number of hydrogen-bond acceptors (Lipinski definition) is 3. The molecule has 0 N–H and O–H groups in total. The molecule has 0 aromatic heterocycles. The van der Waals surface area contributed by atoms with Gasteiger partial charge in [0.05, 0.1) is 24.3 Å². The zero-order valence-corrected chi connectivity index (χ0v) is 15.1. The maximum Gasteiger partial charge on any atom is 0.320 e. The summed E-state index contributed by atoms with van der Waals surface area (Å²) in [5, 5.41) is 9.52. The Hall–Kier alpha value is -2.39. The Labute approximate surface area is 153 Å². The normalized spacial score (nSPS) is 19.7. The van der Waals surface area contributed by atoms with Crippen LogP contribution in [0.4, 0.5) is 9.18 Å². The largest absolute Gasteiger partial charge is 0.380 e. The van der Waals surface area contributed by atoms with Gasteiger partial charge >= 0.3 is 6.03 Å². The summed E-state index contributed by atoms with van der Waals surface area (Å²) in [5.41, 5.74) is 2.39. The summed E-state index contributed by atoms with van der Waals surface area (Å²) >= 11 is 0. The van der Waals surface area contributed by atoms with E-state index in [-0.39, 0.29) is 17.9 Å². The lowest BCUT2D eigenvalue weighted by Gasteiger charge is -2.44. The van der Waals surface area contributed by atoms with E-state index < -0.39 is 0 Å². The zero-order valence-electron chi connectivity index (χ0n) is 15.1. The number of hydrogen-bond donors (Lipinski definition) is 0. The molecule has 2 fully saturated rings. The van der Waals surface area contributed by atoms with Crippen molar-refractivity contribution < 1.29 is 13.9 Å². The number of piperidine rings is 1. The van der Waals surface area contributed by atoms with Gasteiger partial charge in [-0.05, 0) is 49.5 Å². The van der Waals surface area contributed by atoms with Crippen molar-refractivity contribution in [3.05, 3.63) is 41.2 Å². The highest BCUT2D eigenvalue weighted by atomic mass is 19.1. The third-order valence-corrected chi connectivity index (χ3v) is 5.14. The molecule has 1 aromatic rings. The quantitative estimate of drug-likeness (QED) is 0.776. The lowest BCUT2D eigenvalue weighted by Crippen LogP contribution is -2.58. The lowest BCUT2D eigenvalue weighted by molar-refractivity contribution is 0.0204. The van der Waals surface area contributed by atoms with E-state index in [1.807, 2.05) is 16.7 Å². The maximum atomic E-state index is 13.1. The van der Waals surface area contributed by atoms with Gasteiger partial charge in [-0.3, -0.25) is 0 Å². The van der Waals surface area contributed by atoms with Gasteiger partial charge in [0.25, 0.3) is 0 Å². The number of allylic oxidation sites excluding steroid dienone is 1. The molecule has 5 nitrogen and oxygen atoms in total. The number of rotatable bonds is 4. The van der Waals surface area contributed by atoms with Gasteiger partial charge in [0, 0.05) is 26.2 Å². The second kappa shape index (κ2) is 8.33. The van der Waals surface area contributed by atoms with Crippen molar-refractivity contribution in [3.8, 4) is 6.07 Å². The van der Waals surface area contributed by atoms with Gasteiger partial charge in [-0.2, -0.15) is 5.26 Å². The molecular formula is C20H24FN3O2. The van der Waals surface area contributed by atoms with E-state index in [1.165, 1.54) is 12.1 Å². The molecule has 2 aliphatic heterocycles. The number of nitrogens with zero attached hydrogens (tertiary/aromatic N) is 3. The fourth-order valence-electron chi connectivity index (χ4n) is 3.48. The Morgan fingerprint density at radius 1 is 1.27 bits per heavy atom. The first-order valence-electron chi connectivity index (χ1n) is 9.15. The van der Waals surface area contributed by atoms with Gasteiger partial charge in [-0.25, -0.2) is 9.18 Å². The van der Waals surface area contributed by atoms with Crippen LogP contribution in [-0.2, 0) is 4.74 Å². The first-order valence-corrected chi connectivity index (χ1v) is 9.15. The number of nitriles is 1. The van der Waals surface area contributed by atoms with Crippen LogP contribution < -0.4 is 0 Å². The summed E-state index contributed by atoms with van der Waals surface area (Å²) in [6.45, 7) is 5.23. The predicted octanol–water partition coefficient (Wildman–Crippen LogP) is 3.43. The standard InChI is InChI=1S/C20H24FN3O2/c1-2-26-14-18-9-12-24(18)20(25)23-10-7-16(8-11-23)19(13-22)15-3-5-17(21)6-4-15/h3-6,18H,2,7-12,14H2,1H3. The molecule has 6 heteroatoms. The third-order valence-electron chi connectivity index (χ3n) is 5.14. The van der Waals surface area contributed by atoms with E-state index in [0.717, 1.165) is 24.1 Å². The average molecular weight is 357 g/mol. The van der Waals surface area contributed by atoms with Crippen molar-refractivity contribution in [1.82, 2.24) is 9.80 Å². The van der Waals surface area contributed by atoms with Gasteiger partial charge in [-0.15, -0.1) is 0 Å². The van der Waals surface area contributed by atoms with E-state index in [2.05, 4.69) is 6.07 Å². The number of halogens is 1. The summed E-state index contributed by atoms with van der Waals surface area (Å²) in [6.07, 6.45) is 2.35. The van der Waals surface area contributed by atoms with Crippen LogP contribution in [0.15, 0.2) is 29.8 Å². The van der Waals surface area contributed by atoms with Crippen LogP contribution in [0.5, 0.6) is 0 Å². The van der Waals surface area contributed by atoms with Crippen molar-refractivity contribution in [1.29, 1.82) is 5.26 Å². The van der Waals surface area contributed by atoms with E-state index in [9.17, 15) is 14.4 Å². The van der Waals surface area contributed by atoms with Gasteiger partial charge < -0.3 is 14.5 Å². The van der Waals surface area contributed by atoms with E-state index in [0.29, 0.717) is 44.7 Å². The number of ether oxygens (including phenoxy) is 1. The Morgan fingerprint density at radius 3 is 2.50 bits per heavy atom. The van der Waals surface area contributed by atoms with Crippen LogP contribution in [-0.4, -0.2) is 54.7 Å². The van der Waals surface area contributed by atoms with Crippen LogP contribution >= 0.6 is 0 Å². The Morgan fingerprint density at radius 2 is 1.96 bits per heavy atom. The number of carbonyl (C=O) groups excluding carboxylic acids is 1. The fraction of sp³-hybridized carbons (Fsp3) is 0.500. The average Bonchev–Trinajstić information content (AvgIpc) is 2.64. The number of amides is 2. The molecule has 0 bridgehead atoms. The van der Waals surface area contributed by atoms with Gasteiger partial charge in [0.2, 0.25) is 0 Å². The molecule has 1 unspecified atom stereocenters. The topological polar surface area (TPSA) is 56.6 Å². The minimum absolute atomic E-state index is 0.0697. The number of benzene rings is 1. The van der Waals surface area contributed by atoms with Crippen LogP contribution in [0.25, 0.3) is 5.57 Å². The van der Waals surface area contributed by atoms with Gasteiger partial charge in [-0.1, -0.05) is 12.1 Å².